The molecule has 0 radical (unpaired) electrons. The molecule has 0 bridgehead atoms. The highest BCUT2D eigenvalue weighted by Crippen LogP contribution is 2.31. The van der Waals surface area contributed by atoms with E-state index in [2.05, 4.69) is 10.2 Å². The molecule has 2 aromatic rings. The van der Waals surface area contributed by atoms with Gasteiger partial charge in [-0.15, -0.1) is 10.2 Å². The fraction of sp³-hybridized carbons (Fsp3) is 0.333. The van der Waals surface area contributed by atoms with Gasteiger partial charge in [-0.1, -0.05) is 6.07 Å². The molecular formula is C12H16N4OS. The predicted octanol–water partition coefficient (Wildman–Crippen LogP) is 1.74. The number of benzene rings is 1. The molecule has 0 amide bonds. The van der Waals surface area contributed by atoms with E-state index in [0.717, 1.165) is 27.2 Å². The standard InChI is InChI=1S/C12H16N4OS/c1-8-14-15-12(16(8)2)18-11-6-10(17-3)5-4-9(11)7-13/h4-6H,7,13H2,1-3H3. The van der Waals surface area contributed by atoms with Crippen LogP contribution in [0.5, 0.6) is 5.75 Å². The summed E-state index contributed by atoms with van der Waals surface area (Å²) in [6.45, 7) is 2.41. The summed E-state index contributed by atoms with van der Waals surface area (Å²) >= 11 is 1.55. The topological polar surface area (TPSA) is 66.0 Å². The molecule has 5 nitrogen and oxygen atoms in total. The van der Waals surface area contributed by atoms with Gasteiger partial charge in [-0.05, 0) is 36.4 Å². The van der Waals surface area contributed by atoms with Gasteiger partial charge in [-0.3, -0.25) is 0 Å². The van der Waals surface area contributed by atoms with E-state index < -0.39 is 0 Å². The zero-order chi connectivity index (χ0) is 13.1. The molecule has 0 aliphatic carbocycles. The van der Waals surface area contributed by atoms with Gasteiger partial charge >= 0.3 is 0 Å². The lowest BCUT2D eigenvalue weighted by atomic mass is 10.2. The van der Waals surface area contributed by atoms with Crippen LogP contribution in [0.1, 0.15) is 11.4 Å². The Morgan fingerprint density at radius 1 is 1.39 bits per heavy atom. The van der Waals surface area contributed by atoms with Crippen molar-refractivity contribution in [1.82, 2.24) is 14.8 Å². The summed E-state index contributed by atoms with van der Waals surface area (Å²) in [7, 11) is 3.60. The Morgan fingerprint density at radius 3 is 2.72 bits per heavy atom. The molecule has 1 aromatic heterocycles. The minimum Gasteiger partial charge on any atom is -0.497 e. The lowest BCUT2D eigenvalue weighted by Crippen LogP contribution is -2.00. The van der Waals surface area contributed by atoms with E-state index in [9.17, 15) is 0 Å². The smallest absolute Gasteiger partial charge is 0.195 e. The van der Waals surface area contributed by atoms with Gasteiger partial charge in [-0.2, -0.15) is 0 Å². The minimum atomic E-state index is 0.489. The first-order valence-electron chi connectivity index (χ1n) is 5.56. The van der Waals surface area contributed by atoms with Gasteiger partial charge in [0.1, 0.15) is 11.6 Å². The van der Waals surface area contributed by atoms with Gasteiger partial charge in [-0.25, -0.2) is 0 Å². The molecule has 0 saturated carbocycles. The van der Waals surface area contributed by atoms with Crippen LogP contribution in [0.2, 0.25) is 0 Å². The van der Waals surface area contributed by atoms with Crippen LogP contribution in [0.3, 0.4) is 0 Å². The molecule has 18 heavy (non-hydrogen) atoms. The Kier molecular flexibility index (Phi) is 3.88. The minimum absolute atomic E-state index is 0.489. The normalized spacial score (nSPS) is 10.7. The number of rotatable bonds is 4. The first-order chi connectivity index (χ1) is 8.65. The van der Waals surface area contributed by atoms with Crippen LogP contribution in [-0.2, 0) is 13.6 Å². The first-order valence-corrected chi connectivity index (χ1v) is 6.38. The summed E-state index contributed by atoms with van der Waals surface area (Å²) in [4.78, 5) is 1.05. The summed E-state index contributed by atoms with van der Waals surface area (Å²) in [5, 5.41) is 9.02. The molecule has 0 fully saturated rings. The Morgan fingerprint density at radius 2 is 2.17 bits per heavy atom. The third-order valence-electron chi connectivity index (χ3n) is 2.75. The lowest BCUT2D eigenvalue weighted by molar-refractivity contribution is 0.413. The molecule has 0 aliphatic rings. The number of methoxy groups -OCH3 is 1. The van der Waals surface area contributed by atoms with Crippen LogP contribution < -0.4 is 10.5 Å². The molecule has 1 heterocycles. The maximum Gasteiger partial charge on any atom is 0.195 e. The second-order valence-corrected chi connectivity index (χ2v) is 4.88. The van der Waals surface area contributed by atoms with E-state index in [1.165, 1.54) is 0 Å². The molecular weight excluding hydrogens is 248 g/mol. The number of aromatic nitrogens is 3. The van der Waals surface area contributed by atoms with Crippen molar-refractivity contribution < 1.29 is 4.74 Å². The highest BCUT2D eigenvalue weighted by Gasteiger charge is 2.10. The SMILES string of the molecule is COc1ccc(CN)c(Sc2nnc(C)n2C)c1. The molecule has 1 aromatic carbocycles. The van der Waals surface area contributed by atoms with Crippen molar-refractivity contribution >= 4 is 11.8 Å². The van der Waals surface area contributed by atoms with Gasteiger partial charge in [0, 0.05) is 18.5 Å². The molecule has 0 saturated heterocycles. The molecule has 0 aliphatic heterocycles. The summed E-state index contributed by atoms with van der Waals surface area (Å²) in [6.07, 6.45) is 0. The fourth-order valence-electron chi connectivity index (χ4n) is 1.50. The van der Waals surface area contributed by atoms with E-state index in [0.29, 0.717) is 6.54 Å². The van der Waals surface area contributed by atoms with E-state index in [-0.39, 0.29) is 0 Å². The number of hydrogen-bond acceptors (Lipinski definition) is 5. The van der Waals surface area contributed by atoms with E-state index in [1.807, 2.05) is 36.7 Å². The Balaban J connectivity index is 2.35. The second kappa shape index (κ2) is 5.41. The van der Waals surface area contributed by atoms with Crippen LogP contribution in [0.15, 0.2) is 28.3 Å². The van der Waals surface area contributed by atoms with Crippen molar-refractivity contribution in [2.75, 3.05) is 7.11 Å². The maximum absolute atomic E-state index is 5.74. The molecule has 96 valence electrons. The summed E-state index contributed by atoms with van der Waals surface area (Å²) < 4.78 is 7.18. The molecule has 0 unspecified atom stereocenters. The van der Waals surface area contributed by atoms with Crippen LogP contribution in [0.4, 0.5) is 0 Å². The predicted molar refractivity (Wildman–Crippen MR) is 70.7 cm³/mol. The Hall–Kier alpha value is -1.53. The number of nitrogens with zero attached hydrogens (tertiary/aromatic N) is 3. The van der Waals surface area contributed by atoms with Gasteiger partial charge in [0.05, 0.1) is 7.11 Å². The molecule has 0 atom stereocenters. The average molecular weight is 264 g/mol. The fourth-order valence-corrected chi connectivity index (χ4v) is 2.51. The quantitative estimate of drug-likeness (QED) is 0.911. The molecule has 6 heteroatoms. The van der Waals surface area contributed by atoms with Crippen molar-refractivity contribution in [3.63, 3.8) is 0 Å². The van der Waals surface area contributed by atoms with E-state index >= 15 is 0 Å². The number of ether oxygens (including phenoxy) is 1. The lowest BCUT2D eigenvalue weighted by Gasteiger charge is -2.09. The number of nitrogens with two attached hydrogens (primary N) is 1. The van der Waals surface area contributed by atoms with Gasteiger partial charge in [0.15, 0.2) is 5.16 Å². The Bertz CT molecular complexity index is 553. The molecule has 2 N–H and O–H groups in total. The van der Waals surface area contributed by atoms with Crippen molar-refractivity contribution in [3.05, 3.63) is 29.6 Å². The van der Waals surface area contributed by atoms with Crippen LogP contribution >= 0.6 is 11.8 Å². The van der Waals surface area contributed by atoms with Gasteiger partial charge < -0.3 is 15.0 Å². The van der Waals surface area contributed by atoms with E-state index in [1.54, 1.807) is 18.9 Å². The molecule has 0 spiro atoms. The van der Waals surface area contributed by atoms with Crippen molar-refractivity contribution in [3.8, 4) is 5.75 Å². The van der Waals surface area contributed by atoms with Crippen molar-refractivity contribution in [1.29, 1.82) is 0 Å². The zero-order valence-electron chi connectivity index (χ0n) is 10.7. The van der Waals surface area contributed by atoms with Crippen LogP contribution in [-0.4, -0.2) is 21.9 Å². The summed E-state index contributed by atoms with van der Waals surface area (Å²) in [6, 6.07) is 5.86. The van der Waals surface area contributed by atoms with Crippen molar-refractivity contribution in [2.45, 2.75) is 23.5 Å². The second-order valence-electron chi connectivity index (χ2n) is 3.87. The van der Waals surface area contributed by atoms with Crippen LogP contribution in [0.25, 0.3) is 0 Å². The highest BCUT2D eigenvalue weighted by molar-refractivity contribution is 7.99. The molecule has 2 rings (SSSR count). The summed E-state index contributed by atoms with van der Waals surface area (Å²) in [5.74, 6) is 1.70. The van der Waals surface area contributed by atoms with Crippen molar-refractivity contribution in [2.24, 2.45) is 12.8 Å². The van der Waals surface area contributed by atoms with E-state index in [4.69, 9.17) is 10.5 Å². The first kappa shape index (κ1) is 12.9. The van der Waals surface area contributed by atoms with Crippen LogP contribution in [0, 0.1) is 6.92 Å². The number of aryl methyl sites for hydroxylation is 1. The highest BCUT2D eigenvalue weighted by atomic mass is 32.2. The van der Waals surface area contributed by atoms with Gasteiger partial charge in [0.2, 0.25) is 0 Å². The maximum atomic E-state index is 5.74. The Labute approximate surface area is 110 Å². The van der Waals surface area contributed by atoms with Gasteiger partial charge in [0.25, 0.3) is 0 Å². The largest absolute Gasteiger partial charge is 0.497 e. The zero-order valence-corrected chi connectivity index (χ0v) is 11.5. The third-order valence-corrected chi connectivity index (χ3v) is 3.89. The monoisotopic (exact) mass is 264 g/mol. The summed E-state index contributed by atoms with van der Waals surface area (Å²) in [5.41, 5.74) is 6.81. The number of hydrogen-bond donors (Lipinski definition) is 1. The average Bonchev–Trinajstić information content (AvgIpc) is 2.70. The third kappa shape index (κ3) is 2.49.